The van der Waals surface area contributed by atoms with Gasteiger partial charge in [0.05, 0.1) is 17.8 Å². The molecule has 116 valence electrons. The quantitative estimate of drug-likeness (QED) is 0.505. The van der Waals surface area contributed by atoms with E-state index in [1.807, 2.05) is 6.07 Å². The minimum Gasteiger partial charge on any atom is -0.490 e. The highest BCUT2D eigenvalue weighted by Crippen LogP contribution is 2.18. The highest BCUT2D eigenvalue weighted by molar-refractivity contribution is 7.80. The van der Waals surface area contributed by atoms with Gasteiger partial charge in [0.15, 0.2) is 0 Å². The fraction of sp³-hybridized carbons (Fsp3) is 0.500. The molecule has 21 heavy (non-hydrogen) atoms. The molecular weight excluding hydrogens is 292 g/mol. The lowest BCUT2D eigenvalue weighted by atomic mass is 10.2. The Morgan fingerprint density at radius 1 is 1.33 bits per heavy atom. The first-order valence-electron chi connectivity index (χ1n) is 6.75. The molecule has 3 unspecified atom stereocenters. The summed E-state index contributed by atoms with van der Waals surface area (Å²) in [4.78, 5) is 2.04. The number of hydrogen-bond acceptors (Lipinski definition) is 6. The van der Waals surface area contributed by atoms with Crippen molar-refractivity contribution in [3.63, 3.8) is 0 Å². The van der Waals surface area contributed by atoms with E-state index >= 15 is 0 Å². The molecule has 7 heteroatoms. The van der Waals surface area contributed by atoms with Gasteiger partial charge in [-0.2, -0.15) is 0 Å². The van der Waals surface area contributed by atoms with Crippen LogP contribution in [0, 0.1) is 0 Å². The first kappa shape index (κ1) is 16.1. The van der Waals surface area contributed by atoms with E-state index in [9.17, 15) is 15.3 Å². The van der Waals surface area contributed by atoms with Crippen LogP contribution in [0.5, 0.6) is 5.75 Å². The molecule has 1 aliphatic heterocycles. The van der Waals surface area contributed by atoms with Gasteiger partial charge in [-0.3, -0.25) is 4.90 Å². The zero-order valence-electron chi connectivity index (χ0n) is 11.6. The van der Waals surface area contributed by atoms with Gasteiger partial charge in [-0.15, -0.1) is 0 Å². The van der Waals surface area contributed by atoms with Crippen LogP contribution in [0.25, 0.3) is 0 Å². The fourth-order valence-corrected chi connectivity index (χ4v) is 2.50. The predicted octanol–water partition coefficient (Wildman–Crippen LogP) is -0.902. The van der Waals surface area contributed by atoms with Crippen molar-refractivity contribution >= 4 is 17.2 Å². The molecule has 0 aromatic heterocycles. The summed E-state index contributed by atoms with van der Waals surface area (Å²) in [7, 11) is 0. The van der Waals surface area contributed by atoms with Gasteiger partial charge in [-0.1, -0.05) is 24.4 Å². The van der Waals surface area contributed by atoms with Gasteiger partial charge >= 0.3 is 0 Å². The summed E-state index contributed by atoms with van der Waals surface area (Å²) in [5, 5.41) is 28.9. The Labute approximate surface area is 128 Å². The number of likely N-dealkylation sites (tertiary alicyclic amines) is 1. The molecule has 1 aromatic rings. The van der Waals surface area contributed by atoms with Gasteiger partial charge < -0.3 is 25.8 Å². The van der Waals surface area contributed by atoms with Crippen LogP contribution in [0.1, 0.15) is 5.56 Å². The topological polar surface area (TPSA) is 99.2 Å². The van der Waals surface area contributed by atoms with Crippen LogP contribution >= 0.6 is 12.2 Å². The largest absolute Gasteiger partial charge is 0.490 e. The Kier molecular flexibility index (Phi) is 5.49. The van der Waals surface area contributed by atoms with Gasteiger partial charge in [0.1, 0.15) is 23.4 Å². The molecule has 1 fully saturated rings. The second-order valence-electron chi connectivity index (χ2n) is 5.18. The number of nitrogens with two attached hydrogens (primary N) is 1. The minimum atomic E-state index is -0.756. The number of hydrogen-bond donors (Lipinski definition) is 4. The van der Waals surface area contributed by atoms with Crippen LogP contribution in [0.4, 0.5) is 0 Å². The number of ether oxygens (including phenoxy) is 1. The van der Waals surface area contributed by atoms with Crippen molar-refractivity contribution in [3.8, 4) is 5.75 Å². The first-order valence-corrected chi connectivity index (χ1v) is 7.16. The van der Waals surface area contributed by atoms with Gasteiger partial charge in [-0.05, 0) is 12.1 Å². The summed E-state index contributed by atoms with van der Waals surface area (Å²) in [6, 6.07) is 7.11. The lowest BCUT2D eigenvalue weighted by Crippen LogP contribution is -2.35. The normalized spacial score (nSPS) is 24.0. The van der Waals surface area contributed by atoms with Crippen LogP contribution in [0.2, 0.25) is 0 Å². The number of nitrogens with zero attached hydrogens (tertiary/aromatic N) is 1. The molecule has 2 rings (SSSR count). The lowest BCUT2D eigenvalue weighted by molar-refractivity contribution is 0.0572. The van der Waals surface area contributed by atoms with E-state index in [-0.39, 0.29) is 11.6 Å². The van der Waals surface area contributed by atoms with Crippen LogP contribution in [0.15, 0.2) is 24.3 Å². The second-order valence-corrected chi connectivity index (χ2v) is 5.62. The molecule has 0 amide bonds. The first-order chi connectivity index (χ1) is 9.97. The lowest BCUT2D eigenvalue weighted by Gasteiger charge is -2.20. The van der Waals surface area contributed by atoms with Gasteiger partial charge in [-0.25, -0.2) is 0 Å². The third-order valence-corrected chi connectivity index (χ3v) is 3.61. The van der Waals surface area contributed by atoms with Gasteiger partial charge in [0.25, 0.3) is 0 Å². The van der Waals surface area contributed by atoms with Gasteiger partial charge in [0.2, 0.25) is 0 Å². The molecule has 1 aliphatic rings. The zero-order chi connectivity index (χ0) is 15.4. The van der Waals surface area contributed by atoms with E-state index in [4.69, 9.17) is 22.7 Å². The molecule has 1 aromatic carbocycles. The van der Waals surface area contributed by atoms with Crippen molar-refractivity contribution in [3.05, 3.63) is 29.8 Å². The maximum absolute atomic E-state index is 9.98. The van der Waals surface area contributed by atoms with Crippen LogP contribution in [0.3, 0.4) is 0 Å². The summed E-state index contributed by atoms with van der Waals surface area (Å²) in [6.45, 7) is 1.11. The van der Waals surface area contributed by atoms with Crippen molar-refractivity contribution in [2.45, 2.75) is 18.3 Å². The Balaban J connectivity index is 1.84. The SMILES string of the molecule is NC(=S)c1ccccc1OCC(O)CN1CC(O)C(O)C1. The average molecular weight is 312 g/mol. The van der Waals surface area contributed by atoms with E-state index in [0.29, 0.717) is 30.9 Å². The third kappa shape index (κ3) is 4.36. The number of β-amino-alcohol motifs (C(OH)–C–C–N with tert-alkyl or cyclic N) is 3. The number of rotatable bonds is 6. The van der Waals surface area contributed by atoms with Gasteiger partial charge in [0, 0.05) is 19.6 Å². The predicted molar refractivity (Wildman–Crippen MR) is 82.3 cm³/mol. The van der Waals surface area contributed by atoms with E-state index in [1.165, 1.54) is 0 Å². The summed E-state index contributed by atoms with van der Waals surface area (Å²) in [6.07, 6.45) is -2.25. The maximum Gasteiger partial charge on any atom is 0.129 e. The number of benzene rings is 1. The second kappa shape index (κ2) is 7.15. The summed E-state index contributed by atoms with van der Waals surface area (Å²) in [5.41, 5.74) is 6.24. The molecule has 6 nitrogen and oxygen atoms in total. The van der Waals surface area contributed by atoms with Crippen LogP contribution in [-0.2, 0) is 0 Å². The molecular formula is C14H20N2O4S. The highest BCUT2D eigenvalue weighted by atomic mass is 32.1. The molecule has 0 spiro atoms. The number of thiocarbonyl (C=S) groups is 1. The van der Waals surface area contributed by atoms with E-state index in [0.717, 1.165) is 0 Å². The summed E-state index contributed by atoms with van der Waals surface area (Å²) < 4.78 is 5.56. The number of para-hydroxylation sites is 1. The molecule has 1 saturated heterocycles. The van der Waals surface area contributed by atoms with E-state index in [2.05, 4.69) is 0 Å². The standard InChI is InChI=1S/C14H20N2O4S/c15-14(21)10-3-1-2-4-13(10)20-8-9(17)5-16-6-11(18)12(19)7-16/h1-4,9,11-12,17-19H,5-8H2,(H2,15,21). The minimum absolute atomic E-state index is 0.0856. The van der Waals surface area contributed by atoms with Crippen molar-refractivity contribution in [1.82, 2.24) is 4.90 Å². The number of aliphatic hydroxyl groups excluding tert-OH is 3. The molecule has 3 atom stereocenters. The van der Waals surface area contributed by atoms with E-state index < -0.39 is 18.3 Å². The molecule has 0 saturated carbocycles. The van der Waals surface area contributed by atoms with E-state index in [1.54, 1.807) is 23.1 Å². The molecule has 1 heterocycles. The van der Waals surface area contributed by atoms with Crippen molar-refractivity contribution in [2.24, 2.45) is 5.73 Å². The van der Waals surface area contributed by atoms with Crippen LogP contribution < -0.4 is 10.5 Å². The molecule has 0 bridgehead atoms. The zero-order valence-corrected chi connectivity index (χ0v) is 12.4. The average Bonchev–Trinajstić information content (AvgIpc) is 2.75. The van der Waals surface area contributed by atoms with Crippen molar-refractivity contribution < 1.29 is 20.1 Å². The van der Waals surface area contributed by atoms with Crippen molar-refractivity contribution in [1.29, 1.82) is 0 Å². The highest BCUT2D eigenvalue weighted by Gasteiger charge is 2.30. The Morgan fingerprint density at radius 2 is 1.95 bits per heavy atom. The fourth-order valence-electron chi connectivity index (χ4n) is 2.33. The maximum atomic E-state index is 9.98. The van der Waals surface area contributed by atoms with Crippen LogP contribution in [-0.4, -0.2) is 69.8 Å². The molecule has 5 N–H and O–H groups in total. The third-order valence-electron chi connectivity index (χ3n) is 3.39. The smallest absolute Gasteiger partial charge is 0.129 e. The molecule has 0 radical (unpaired) electrons. The Hall–Kier alpha value is -1.25. The van der Waals surface area contributed by atoms with Crippen molar-refractivity contribution in [2.75, 3.05) is 26.2 Å². The summed E-state index contributed by atoms with van der Waals surface area (Å²) in [5.74, 6) is 0.533. The Bertz CT molecular complexity index is 490. The monoisotopic (exact) mass is 312 g/mol. The number of aliphatic hydroxyl groups is 3. The molecule has 0 aliphatic carbocycles. The summed E-state index contributed by atoms with van der Waals surface area (Å²) >= 11 is 4.94. The Morgan fingerprint density at radius 3 is 2.57 bits per heavy atom.